The lowest BCUT2D eigenvalue weighted by Gasteiger charge is -2.50. The number of amides is 2. The minimum Gasteiger partial charge on any atom is -0.497 e. The molecule has 0 saturated carbocycles. The van der Waals surface area contributed by atoms with Gasteiger partial charge in [0.15, 0.2) is 0 Å². The van der Waals surface area contributed by atoms with E-state index in [0.29, 0.717) is 25.2 Å². The molecule has 0 unspecified atom stereocenters. The molecule has 1 atom stereocenters. The number of ether oxygens (including phenoxy) is 1. The monoisotopic (exact) mass is 448 g/mol. The lowest BCUT2D eigenvalue weighted by molar-refractivity contribution is -0.134. The van der Waals surface area contributed by atoms with Crippen LogP contribution in [0.3, 0.4) is 0 Å². The van der Waals surface area contributed by atoms with Crippen LogP contribution < -0.4 is 4.74 Å². The van der Waals surface area contributed by atoms with Gasteiger partial charge in [0.05, 0.1) is 7.11 Å². The Kier molecular flexibility index (Phi) is 5.85. The first-order chi connectivity index (χ1) is 16.0. The third kappa shape index (κ3) is 3.89. The minimum absolute atomic E-state index is 0.0429. The topological polar surface area (TPSA) is 56.3 Å². The first kappa shape index (κ1) is 21.9. The number of piperazine rings is 1. The summed E-state index contributed by atoms with van der Waals surface area (Å²) in [6.07, 6.45) is 1.54. The van der Waals surface area contributed by atoms with Crippen molar-refractivity contribution in [1.29, 1.82) is 0 Å². The Morgan fingerprint density at radius 1 is 1.00 bits per heavy atom. The summed E-state index contributed by atoms with van der Waals surface area (Å²) in [5.41, 5.74) is 1.50. The highest BCUT2D eigenvalue weighted by Crippen LogP contribution is 2.42. The summed E-state index contributed by atoms with van der Waals surface area (Å²) in [5, 5.41) is 0. The Bertz CT molecular complexity index is 1000. The van der Waals surface area contributed by atoms with Crippen LogP contribution in [0.25, 0.3) is 0 Å². The zero-order valence-corrected chi connectivity index (χ0v) is 19.4. The van der Waals surface area contributed by atoms with Gasteiger partial charge in [-0.15, -0.1) is 0 Å². The van der Waals surface area contributed by atoms with Crippen molar-refractivity contribution in [3.05, 3.63) is 65.7 Å². The van der Waals surface area contributed by atoms with E-state index in [1.807, 2.05) is 47.4 Å². The van der Waals surface area contributed by atoms with Gasteiger partial charge in [0.25, 0.3) is 5.91 Å². The van der Waals surface area contributed by atoms with E-state index < -0.39 is 0 Å². The van der Waals surface area contributed by atoms with E-state index in [9.17, 15) is 9.59 Å². The number of rotatable bonds is 4. The second kappa shape index (κ2) is 8.80. The molecule has 2 aromatic rings. The molecule has 0 N–H and O–H groups in total. The van der Waals surface area contributed by atoms with Crippen LogP contribution in [0, 0.1) is 0 Å². The molecule has 33 heavy (non-hydrogen) atoms. The fourth-order valence-electron chi connectivity index (χ4n) is 5.70. The van der Waals surface area contributed by atoms with Crippen molar-refractivity contribution in [3.63, 3.8) is 0 Å². The van der Waals surface area contributed by atoms with Gasteiger partial charge in [-0.3, -0.25) is 14.5 Å². The Labute approximate surface area is 195 Å². The number of likely N-dealkylation sites (N-methyl/N-ethyl adjacent to an activating group) is 1. The van der Waals surface area contributed by atoms with E-state index in [1.165, 1.54) is 0 Å². The van der Waals surface area contributed by atoms with Crippen LogP contribution in [0.1, 0.15) is 28.8 Å². The van der Waals surface area contributed by atoms with Crippen LogP contribution in [0.15, 0.2) is 54.6 Å². The molecular formula is C26H32N4O3. The molecule has 174 valence electrons. The van der Waals surface area contributed by atoms with Gasteiger partial charge in [0.1, 0.15) is 17.5 Å². The zero-order chi connectivity index (χ0) is 23.0. The summed E-state index contributed by atoms with van der Waals surface area (Å²) in [4.78, 5) is 35.5. The van der Waals surface area contributed by atoms with Crippen molar-refractivity contribution in [2.24, 2.45) is 0 Å². The second-order valence-corrected chi connectivity index (χ2v) is 9.38. The number of nitrogens with zero attached hydrogens (tertiary/aromatic N) is 4. The van der Waals surface area contributed by atoms with Crippen molar-refractivity contribution in [1.82, 2.24) is 19.6 Å². The highest BCUT2D eigenvalue weighted by atomic mass is 16.5. The summed E-state index contributed by atoms with van der Waals surface area (Å²) >= 11 is 0. The summed E-state index contributed by atoms with van der Waals surface area (Å²) < 4.78 is 5.21. The van der Waals surface area contributed by atoms with E-state index in [-0.39, 0.29) is 23.5 Å². The van der Waals surface area contributed by atoms with Crippen molar-refractivity contribution in [3.8, 4) is 5.75 Å². The Hall–Kier alpha value is -2.90. The van der Waals surface area contributed by atoms with Crippen LogP contribution in [0.2, 0.25) is 0 Å². The largest absolute Gasteiger partial charge is 0.497 e. The zero-order valence-electron chi connectivity index (χ0n) is 19.4. The standard InChI is InChI=1S/C26H32N4O3/c1-27-16-17-29-23(19-27)25(32)30(18-20-6-4-3-5-7-20)26(29)12-14-28(15-13-26)24(31)21-8-10-22(33-2)11-9-21/h3-11,23H,12-19H2,1-2H3/t23-/m1/s1. The highest BCUT2D eigenvalue weighted by Gasteiger charge is 2.58. The van der Waals surface area contributed by atoms with Gasteiger partial charge in [-0.1, -0.05) is 30.3 Å². The smallest absolute Gasteiger partial charge is 0.253 e. The number of benzene rings is 2. The Morgan fingerprint density at radius 2 is 1.70 bits per heavy atom. The van der Waals surface area contributed by atoms with E-state index in [2.05, 4.69) is 33.9 Å². The molecule has 2 amide bonds. The van der Waals surface area contributed by atoms with Crippen LogP contribution >= 0.6 is 0 Å². The van der Waals surface area contributed by atoms with Gasteiger partial charge in [-0.25, -0.2) is 0 Å². The number of hydrogen-bond donors (Lipinski definition) is 0. The molecule has 0 aromatic heterocycles. The van der Waals surface area contributed by atoms with Gasteiger partial charge >= 0.3 is 0 Å². The molecule has 0 bridgehead atoms. The number of carbonyl (C=O) groups excluding carboxylic acids is 2. The fraction of sp³-hybridized carbons (Fsp3) is 0.462. The average molecular weight is 449 g/mol. The Morgan fingerprint density at radius 3 is 2.36 bits per heavy atom. The van der Waals surface area contributed by atoms with Crippen molar-refractivity contribution >= 4 is 11.8 Å². The average Bonchev–Trinajstić information content (AvgIpc) is 3.07. The van der Waals surface area contributed by atoms with E-state index in [1.54, 1.807) is 7.11 Å². The summed E-state index contributed by atoms with van der Waals surface area (Å²) in [7, 11) is 3.71. The molecule has 3 aliphatic heterocycles. The van der Waals surface area contributed by atoms with Gasteiger partial charge < -0.3 is 19.4 Å². The maximum atomic E-state index is 13.6. The molecule has 3 aliphatic rings. The number of methoxy groups -OCH3 is 1. The SMILES string of the molecule is COc1ccc(C(=O)N2CCC3(CC2)N(Cc2ccccc2)C(=O)[C@H]2CN(C)CCN23)cc1. The third-order valence-electron chi connectivity index (χ3n) is 7.54. The lowest BCUT2D eigenvalue weighted by atomic mass is 9.92. The molecule has 5 rings (SSSR count). The van der Waals surface area contributed by atoms with E-state index in [0.717, 1.165) is 43.8 Å². The molecular weight excluding hydrogens is 416 g/mol. The van der Waals surface area contributed by atoms with Crippen LogP contribution in [0.5, 0.6) is 5.75 Å². The van der Waals surface area contributed by atoms with Crippen molar-refractivity contribution in [2.45, 2.75) is 31.1 Å². The Balaban J connectivity index is 1.38. The molecule has 0 aliphatic carbocycles. The third-order valence-corrected chi connectivity index (χ3v) is 7.54. The molecule has 7 heteroatoms. The number of hydrogen-bond acceptors (Lipinski definition) is 5. The second-order valence-electron chi connectivity index (χ2n) is 9.38. The molecule has 3 fully saturated rings. The first-order valence-electron chi connectivity index (χ1n) is 11.8. The number of fused-ring (bicyclic) bond motifs is 2. The maximum absolute atomic E-state index is 13.6. The fourth-order valence-corrected chi connectivity index (χ4v) is 5.70. The summed E-state index contributed by atoms with van der Waals surface area (Å²) in [6.45, 7) is 4.50. The van der Waals surface area contributed by atoms with Crippen LogP contribution in [0.4, 0.5) is 0 Å². The molecule has 3 heterocycles. The minimum atomic E-state index is -0.324. The van der Waals surface area contributed by atoms with E-state index >= 15 is 0 Å². The number of carbonyl (C=O) groups is 2. The molecule has 7 nitrogen and oxygen atoms in total. The summed E-state index contributed by atoms with van der Waals surface area (Å²) in [6, 6.07) is 17.4. The van der Waals surface area contributed by atoms with Crippen LogP contribution in [-0.4, -0.2) is 90.0 Å². The maximum Gasteiger partial charge on any atom is 0.253 e. The molecule has 3 saturated heterocycles. The van der Waals surface area contributed by atoms with Gasteiger partial charge in [0, 0.05) is 57.7 Å². The predicted octanol–water partition coefficient (Wildman–Crippen LogP) is 2.29. The quantitative estimate of drug-likeness (QED) is 0.719. The molecule has 0 radical (unpaired) electrons. The van der Waals surface area contributed by atoms with Crippen molar-refractivity contribution in [2.75, 3.05) is 46.9 Å². The van der Waals surface area contributed by atoms with Crippen molar-refractivity contribution < 1.29 is 14.3 Å². The molecule has 1 spiro atoms. The molecule has 2 aromatic carbocycles. The van der Waals surface area contributed by atoms with Gasteiger partial charge in [-0.2, -0.15) is 0 Å². The number of likely N-dealkylation sites (tertiary alicyclic amines) is 1. The first-order valence-corrected chi connectivity index (χ1v) is 11.8. The highest BCUT2D eigenvalue weighted by molar-refractivity contribution is 5.94. The summed E-state index contributed by atoms with van der Waals surface area (Å²) in [5.74, 6) is 1.01. The normalized spacial score (nSPS) is 23.1. The van der Waals surface area contributed by atoms with Crippen LogP contribution in [-0.2, 0) is 11.3 Å². The van der Waals surface area contributed by atoms with Gasteiger partial charge in [-0.05, 0) is 36.9 Å². The predicted molar refractivity (Wildman–Crippen MR) is 126 cm³/mol. The number of piperidine rings is 1. The lowest BCUT2D eigenvalue weighted by Crippen LogP contribution is -2.63. The van der Waals surface area contributed by atoms with Gasteiger partial charge in [0.2, 0.25) is 5.91 Å². The van der Waals surface area contributed by atoms with E-state index in [4.69, 9.17) is 4.74 Å².